The molecule has 6 rings (SSSR count). The van der Waals surface area contributed by atoms with Gasteiger partial charge < -0.3 is 9.51 Å². The average Bonchev–Trinajstić information content (AvgIpc) is 3.36. The van der Waals surface area contributed by atoms with Gasteiger partial charge in [-0.05, 0) is 98.5 Å². The third kappa shape index (κ3) is 2.39. The maximum Gasteiger partial charge on any atom is 0.0992 e. The predicted octanol–water partition coefficient (Wildman–Crippen LogP) is 5.24. The molecule has 5 unspecified atom stereocenters. The summed E-state index contributed by atoms with van der Waals surface area (Å²) in [5.41, 5.74) is 4.12. The number of hydrogen-bond donors (Lipinski definition) is 1. The summed E-state index contributed by atoms with van der Waals surface area (Å²) in [5, 5.41) is 11.5. The fraction of sp³-hybridized carbons (Fsp3) is 0.696. The molecule has 0 amide bonds. The molecule has 3 bridgehead atoms. The van der Waals surface area contributed by atoms with E-state index in [1.807, 2.05) is 12.5 Å². The second kappa shape index (κ2) is 5.58. The van der Waals surface area contributed by atoms with Gasteiger partial charge in [-0.15, -0.1) is 0 Å². The average molecular weight is 351 g/mol. The number of fused-ring (bicyclic) bond motifs is 3. The first kappa shape index (κ1) is 15.7. The summed E-state index contributed by atoms with van der Waals surface area (Å²) < 4.78 is 2.09. The van der Waals surface area contributed by atoms with Crippen LogP contribution < -0.4 is 0 Å². The standard InChI is InChI=1S/C23H30N2O/c26-21(12-23-7-5-16-2-1-15(10-23)9-18(16)11-23)22-19(17-3-4-17)6-8-25-14-24-13-20(22)25/h6,8,13-18,21,26H,1-5,7,9-12H2. The Kier molecular flexibility index (Phi) is 3.36. The highest BCUT2D eigenvalue weighted by Crippen LogP contribution is 2.61. The topological polar surface area (TPSA) is 37.5 Å². The zero-order valence-corrected chi connectivity index (χ0v) is 15.6. The molecule has 4 saturated carbocycles. The summed E-state index contributed by atoms with van der Waals surface area (Å²) in [4.78, 5) is 4.36. The molecule has 0 aromatic carbocycles. The molecular weight excluding hydrogens is 320 g/mol. The largest absolute Gasteiger partial charge is 0.388 e. The summed E-state index contributed by atoms with van der Waals surface area (Å²) in [5.74, 6) is 3.55. The van der Waals surface area contributed by atoms with E-state index in [9.17, 15) is 5.11 Å². The van der Waals surface area contributed by atoms with E-state index in [0.29, 0.717) is 11.3 Å². The van der Waals surface area contributed by atoms with E-state index in [1.165, 1.54) is 68.9 Å². The van der Waals surface area contributed by atoms with Crippen molar-refractivity contribution in [1.29, 1.82) is 0 Å². The minimum absolute atomic E-state index is 0.332. The van der Waals surface area contributed by atoms with Crippen LogP contribution in [-0.4, -0.2) is 14.5 Å². The monoisotopic (exact) mass is 350 g/mol. The minimum atomic E-state index is -0.332. The lowest BCUT2D eigenvalue weighted by Gasteiger charge is -2.55. The zero-order valence-electron chi connectivity index (χ0n) is 15.6. The first-order valence-corrected chi connectivity index (χ1v) is 10.8. The number of pyridine rings is 1. The van der Waals surface area contributed by atoms with Crippen LogP contribution in [-0.2, 0) is 0 Å². The number of hydrogen-bond acceptors (Lipinski definition) is 2. The maximum absolute atomic E-state index is 11.5. The molecule has 2 heterocycles. The van der Waals surface area contributed by atoms with Crippen LogP contribution in [0.2, 0.25) is 0 Å². The summed E-state index contributed by atoms with van der Waals surface area (Å²) in [6.07, 6.45) is 19.1. The molecule has 2 aromatic rings. The zero-order chi connectivity index (χ0) is 17.3. The third-order valence-electron chi connectivity index (χ3n) is 8.36. The molecule has 0 radical (unpaired) electrons. The second-order valence-corrected chi connectivity index (χ2v) is 10.0. The van der Waals surface area contributed by atoms with E-state index in [-0.39, 0.29) is 6.10 Å². The Hall–Kier alpha value is -1.35. The first-order chi connectivity index (χ1) is 12.7. The number of aromatic nitrogens is 2. The first-order valence-electron chi connectivity index (χ1n) is 10.8. The Morgan fingerprint density at radius 1 is 1.15 bits per heavy atom. The molecule has 0 spiro atoms. The molecule has 3 nitrogen and oxygen atoms in total. The Balaban J connectivity index is 1.35. The van der Waals surface area contributed by atoms with Gasteiger partial charge in [0.25, 0.3) is 0 Å². The molecule has 4 fully saturated rings. The number of imidazole rings is 1. The van der Waals surface area contributed by atoms with E-state index in [1.54, 1.807) is 0 Å². The highest BCUT2D eigenvalue weighted by Gasteiger charge is 2.49. The van der Waals surface area contributed by atoms with E-state index in [4.69, 9.17) is 0 Å². The van der Waals surface area contributed by atoms with Crippen molar-refractivity contribution in [1.82, 2.24) is 9.38 Å². The van der Waals surface area contributed by atoms with Crippen molar-refractivity contribution < 1.29 is 5.11 Å². The quantitative estimate of drug-likeness (QED) is 0.818. The molecular formula is C23H30N2O. The smallest absolute Gasteiger partial charge is 0.0992 e. The predicted molar refractivity (Wildman–Crippen MR) is 102 cm³/mol. The van der Waals surface area contributed by atoms with Crippen molar-refractivity contribution >= 4 is 5.52 Å². The summed E-state index contributed by atoms with van der Waals surface area (Å²) in [7, 11) is 0. The molecule has 4 aliphatic carbocycles. The van der Waals surface area contributed by atoms with Crippen LogP contribution in [0.5, 0.6) is 0 Å². The minimum Gasteiger partial charge on any atom is -0.388 e. The third-order valence-corrected chi connectivity index (χ3v) is 8.36. The van der Waals surface area contributed by atoms with Gasteiger partial charge in [-0.3, -0.25) is 0 Å². The highest BCUT2D eigenvalue weighted by atomic mass is 16.3. The highest BCUT2D eigenvalue weighted by molar-refractivity contribution is 5.59. The van der Waals surface area contributed by atoms with Crippen molar-refractivity contribution in [3.63, 3.8) is 0 Å². The van der Waals surface area contributed by atoms with Crippen molar-refractivity contribution in [3.8, 4) is 0 Å². The Bertz CT molecular complexity index is 834. The number of nitrogens with zero attached hydrogens (tertiary/aromatic N) is 2. The maximum atomic E-state index is 11.5. The lowest BCUT2D eigenvalue weighted by atomic mass is 9.50. The number of aliphatic hydroxyl groups excluding tert-OH is 1. The summed E-state index contributed by atoms with van der Waals surface area (Å²) in [6.45, 7) is 0. The number of aliphatic hydroxyl groups is 1. The van der Waals surface area contributed by atoms with E-state index in [0.717, 1.165) is 29.7 Å². The van der Waals surface area contributed by atoms with E-state index in [2.05, 4.69) is 21.6 Å². The molecule has 5 atom stereocenters. The van der Waals surface area contributed by atoms with Crippen LogP contribution in [0.4, 0.5) is 0 Å². The van der Waals surface area contributed by atoms with Crippen LogP contribution in [0.15, 0.2) is 24.8 Å². The van der Waals surface area contributed by atoms with Crippen LogP contribution >= 0.6 is 0 Å². The lowest BCUT2D eigenvalue weighted by Crippen LogP contribution is -2.44. The van der Waals surface area contributed by atoms with E-state index < -0.39 is 0 Å². The summed E-state index contributed by atoms with van der Waals surface area (Å²) >= 11 is 0. The van der Waals surface area contributed by atoms with Crippen molar-refractivity contribution in [2.75, 3.05) is 0 Å². The van der Waals surface area contributed by atoms with Crippen LogP contribution in [0.1, 0.15) is 87.4 Å². The van der Waals surface area contributed by atoms with Crippen molar-refractivity contribution in [2.45, 2.75) is 76.2 Å². The Morgan fingerprint density at radius 3 is 2.96 bits per heavy atom. The molecule has 138 valence electrons. The van der Waals surface area contributed by atoms with Gasteiger partial charge in [0.1, 0.15) is 0 Å². The van der Waals surface area contributed by atoms with Gasteiger partial charge in [0, 0.05) is 11.8 Å². The normalized spacial score (nSPS) is 37.2. The molecule has 0 saturated heterocycles. The molecule has 1 N–H and O–H groups in total. The molecule has 4 aliphatic rings. The van der Waals surface area contributed by atoms with Crippen LogP contribution in [0, 0.1) is 23.2 Å². The van der Waals surface area contributed by atoms with Crippen LogP contribution in [0.3, 0.4) is 0 Å². The lowest BCUT2D eigenvalue weighted by molar-refractivity contribution is -0.0591. The van der Waals surface area contributed by atoms with Gasteiger partial charge in [-0.2, -0.15) is 0 Å². The molecule has 26 heavy (non-hydrogen) atoms. The SMILES string of the molecule is OC(CC12CCC3CCC(CC3C1)C2)c1c(C2CC2)ccn2cncc12. The fourth-order valence-electron chi connectivity index (χ4n) is 7.11. The van der Waals surface area contributed by atoms with E-state index >= 15 is 0 Å². The van der Waals surface area contributed by atoms with Gasteiger partial charge in [0.05, 0.1) is 24.1 Å². The van der Waals surface area contributed by atoms with Crippen LogP contribution in [0.25, 0.3) is 5.52 Å². The van der Waals surface area contributed by atoms with Gasteiger partial charge in [-0.1, -0.05) is 6.42 Å². The molecule has 0 aliphatic heterocycles. The van der Waals surface area contributed by atoms with Gasteiger partial charge in [-0.25, -0.2) is 4.98 Å². The number of rotatable bonds is 4. The Labute approximate surface area is 155 Å². The van der Waals surface area contributed by atoms with Gasteiger partial charge in [0.2, 0.25) is 0 Å². The molecule has 2 aromatic heterocycles. The second-order valence-electron chi connectivity index (χ2n) is 10.0. The van der Waals surface area contributed by atoms with Crippen molar-refractivity contribution in [2.24, 2.45) is 23.2 Å². The Morgan fingerprint density at radius 2 is 2.08 bits per heavy atom. The van der Waals surface area contributed by atoms with Crippen molar-refractivity contribution in [3.05, 3.63) is 35.9 Å². The fourth-order valence-corrected chi connectivity index (χ4v) is 7.11. The molecule has 3 heteroatoms. The summed E-state index contributed by atoms with van der Waals surface area (Å²) in [6, 6.07) is 2.25. The van der Waals surface area contributed by atoms with Gasteiger partial charge in [0.15, 0.2) is 0 Å². The van der Waals surface area contributed by atoms with Gasteiger partial charge >= 0.3 is 0 Å².